The second kappa shape index (κ2) is 6.94. The van der Waals surface area contributed by atoms with E-state index < -0.39 is 18.1 Å². The molecular weight excluding hydrogens is 336 g/mol. The van der Waals surface area contributed by atoms with Gasteiger partial charge in [-0.05, 0) is 62.4 Å². The van der Waals surface area contributed by atoms with Crippen LogP contribution < -0.4 is 5.32 Å². The Kier molecular flexibility index (Phi) is 5.04. The molecule has 0 atom stereocenters. The van der Waals surface area contributed by atoms with Crippen molar-refractivity contribution in [3.05, 3.63) is 35.6 Å². The van der Waals surface area contributed by atoms with Gasteiger partial charge in [-0.3, -0.25) is 9.69 Å². The molecule has 1 saturated carbocycles. The second-order valence-corrected chi connectivity index (χ2v) is 7.13. The van der Waals surface area contributed by atoms with Crippen LogP contribution in [-0.2, 0) is 10.2 Å². The van der Waals surface area contributed by atoms with Crippen molar-refractivity contribution in [3.63, 3.8) is 0 Å². The highest BCUT2D eigenvalue weighted by Gasteiger charge is 2.51. The summed E-state index contributed by atoms with van der Waals surface area (Å²) in [6.45, 7) is 0.438. The minimum Gasteiger partial charge on any atom is -0.355 e. The summed E-state index contributed by atoms with van der Waals surface area (Å²) in [5.74, 6) is -0.181. The lowest BCUT2D eigenvalue weighted by Crippen LogP contribution is -2.43. The van der Waals surface area contributed by atoms with Gasteiger partial charge >= 0.3 is 6.18 Å². The molecule has 1 N–H and O–H groups in total. The Morgan fingerprint density at radius 1 is 1.16 bits per heavy atom. The normalized spacial score (nSPS) is 21.1. The van der Waals surface area contributed by atoms with E-state index in [-0.39, 0.29) is 17.6 Å². The SMILES string of the molecule is O=C(NCC1CCN(CC(F)(F)F)CC1)C1(c2ccc(F)cc2)CC1. The van der Waals surface area contributed by atoms with Gasteiger partial charge in [-0.2, -0.15) is 13.2 Å². The Morgan fingerprint density at radius 2 is 1.76 bits per heavy atom. The van der Waals surface area contributed by atoms with Gasteiger partial charge in [0.1, 0.15) is 5.82 Å². The summed E-state index contributed by atoms with van der Waals surface area (Å²) >= 11 is 0. The van der Waals surface area contributed by atoms with Gasteiger partial charge in [-0.15, -0.1) is 0 Å². The first-order valence-corrected chi connectivity index (χ1v) is 8.62. The molecule has 0 unspecified atom stereocenters. The van der Waals surface area contributed by atoms with E-state index in [1.807, 2.05) is 0 Å². The summed E-state index contributed by atoms with van der Waals surface area (Å²) in [6.07, 6.45) is -1.36. The van der Waals surface area contributed by atoms with Crippen molar-refractivity contribution >= 4 is 5.91 Å². The van der Waals surface area contributed by atoms with Crippen LogP contribution >= 0.6 is 0 Å². The molecule has 3 nitrogen and oxygen atoms in total. The lowest BCUT2D eigenvalue weighted by atomic mass is 9.93. The quantitative estimate of drug-likeness (QED) is 0.820. The van der Waals surface area contributed by atoms with Crippen LogP contribution in [-0.4, -0.2) is 43.2 Å². The molecule has 138 valence electrons. The van der Waals surface area contributed by atoms with E-state index in [0.717, 1.165) is 18.4 Å². The third kappa shape index (κ3) is 4.51. The number of alkyl halides is 3. The van der Waals surface area contributed by atoms with Gasteiger partial charge in [0.05, 0.1) is 12.0 Å². The zero-order valence-corrected chi connectivity index (χ0v) is 13.9. The number of carbonyl (C=O) groups is 1. The van der Waals surface area contributed by atoms with Gasteiger partial charge in [-0.25, -0.2) is 4.39 Å². The van der Waals surface area contributed by atoms with Crippen molar-refractivity contribution in [2.75, 3.05) is 26.2 Å². The van der Waals surface area contributed by atoms with Crippen LogP contribution in [0.25, 0.3) is 0 Å². The van der Waals surface area contributed by atoms with Gasteiger partial charge in [0.15, 0.2) is 0 Å². The zero-order valence-electron chi connectivity index (χ0n) is 13.9. The minimum atomic E-state index is -4.16. The number of likely N-dealkylation sites (tertiary alicyclic amines) is 1. The number of benzene rings is 1. The molecule has 1 heterocycles. The van der Waals surface area contributed by atoms with E-state index in [0.29, 0.717) is 32.5 Å². The molecule has 0 radical (unpaired) electrons. The molecule has 25 heavy (non-hydrogen) atoms. The van der Waals surface area contributed by atoms with Crippen molar-refractivity contribution in [3.8, 4) is 0 Å². The van der Waals surface area contributed by atoms with E-state index in [9.17, 15) is 22.4 Å². The number of amides is 1. The summed E-state index contributed by atoms with van der Waals surface area (Å²) in [5, 5.41) is 2.96. The highest BCUT2D eigenvalue weighted by molar-refractivity contribution is 5.91. The Labute approximate surface area is 144 Å². The maximum atomic E-state index is 13.0. The molecule has 1 aliphatic carbocycles. The number of piperidine rings is 1. The summed E-state index contributed by atoms with van der Waals surface area (Å²) in [5.41, 5.74) is 0.274. The van der Waals surface area contributed by atoms with Gasteiger partial charge in [0.2, 0.25) is 5.91 Å². The summed E-state index contributed by atoms with van der Waals surface area (Å²) in [4.78, 5) is 14.0. The Hall–Kier alpha value is -1.63. The van der Waals surface area contributed by atoms with Crippen molar-refractivity contribution in [1.29, 1.82) is 0 Å². The predicted molar refractivity (Wildman–Crippen MR) is 85.5 cm³/mol. The molecule has 1 aromatic rings. The molecule has 1 aliphatic heterocycles. The maximum Gasteiger partial charge on any atom is 0.401 e. The number of hydrogen-bond donors (Lipinski definition) is 1. The lowest BCUT2D eigenvalue weighted by molar-refractivity contribution is -0.148. The van der Waals surface area contributed by atoms with E-state index >= 15 is 0 Å². The van der Waals surface area contributed by atoms with E-state index in [1.54, 1.807) is 12.1 Å². The molecule has 1 saturated heterocycles. The van der Waals surface area contributed by atoms with Crippen LogP contribution in [0.5, 0.6) is 0 Å². The monoisotopic (exact) mass is 358 g/mol. The van der Waals surface area contributed by atoms with Crippen molar-refractivity contribution in [1.82, 2.24) is 10.2 Å². The molecule has 1 aromatic carbocycles. The van der Waals surface area contributed by atoms with Crippen LogP contribution in [0.3, 0.4) is 0 Å². The molecule has 0 spiro atoms. The van der Waals surface area contributed by atoms with Crippen molar-refractivity contribution < 1.29 is 22.4 Å². The molecule has 0 aromatic heterocycles. The first-order valence-electron chi connectivity index (χ1n) is 8.62. The molecule has 3 rings (SSSR count). The van der Waals surface area contributed by atoms with Gasteiger partial charge in [-0.1, -0.05) is 12.1 Å². The average Bonchev–Trinajstić information content (AvgIpc) is 3.35. The highest BCUT2D eigenvalue weighted by atomic mass is 19.4. The summed E-state index contributed by atoms with van der Waals surface area (Å²) < 4.78 is 50.2. The van der Waals surface area contributed by atoms with Gasteiger partial charge in [0, 0.05) is 6.54 Å². The Morgan fingerprint density at radius 3 is 2.28 bits per heavy atom. The lowest BCUT2D eigenvalue weighted by Gasteiger charge is -2.32. The van der Waals surface area contributed by atoms with E-state index in [4.69, 9.17) is 0 Å². The minimum absolute atomic E-state index is 0.0585. The maximum absolute atomic E-state index is 13.0. The van der Waals surface area contributed by atoms with Crippen molar-refractivity contribution in [2.24, 2.45) is 5.92 Å². The molecule has 2 fully saturated rings. The topological polar surface area (TPSA) is 32.3 Å². The molecule has 1 amide bonds. The average molecular weight is 358 g/mol. The van der Waals surface area contributed by atoms with Gasteiger partial charge < -0.3 is 5.32 Å². The van der Waals surface area contributed by atoms with Gasteiger partial charge in [0.25, 0.3) is 0 Å². The third-order valence-electron chi connectivity index (χ3n) is 5.24. The fraction of sp³-hybridized carbons (Fsp3) is 0.611. The zero-order chi connectivity index (χ0) is 18.1. The fourth-order valence-corrected chi connectivity index (χ4v) is 3.55. The molecule has 0 bridgehead atoms. The first-order chi connectivity index (χ1) is 11.8. The largest absolute Gasteiger partial charge is 0.401 e. The highest BCUT2D eigenvalue weighted by Crippen LogP contribution is 2.48. The number of nitrogens with one attached hydrogen (secondary N) is 1. The number of hydrogen-bond acceptors (Lipinski definition) is 2. The fourth-order valence-electron chi connectivity index (χ4n) is 3.55. The smallest absolute Gasteiger partial charge is 0.355 e. The number of rotatable bonds is 5. The summed E-state index contributed by atoms with van der Waals surface area (Å²) in [7, 11) is 0. The molecule has 7 heteroatoms. The first kappa shape index (κ1) is 18.2. The number of carbonyl (C=O) groups excluding carboxylic acids is 1. The van der Waals surface area contributed by atoms with Crippen LogP contribution in [0.1, 0.15) is 31.2 Å². The van der Waals surface area contributed by atoms with E-state index in [2.05, 4.69) is 5.32 Å². The number of nitrogens with zero attached hydrogens (tertiary/aromatic N) is 1. The third-order valence-corrected chi connectivity index (χ3v) is 5.24. The Bertz CT molecular complexity index is 602. The van der Waals surface area contributed by atoms with Crippen LogP contribution in [0, 0.1) is 11.7 Å². The molecule has 2 aliphatic rings. The second-order valence-electron chi connectivity index (χ2n) is 7.13. The van der Waals surface area contributed by atoms with Crippen LogP contribution in [0.2, 0.25) is 0 Å². The van der Waals surface area contributed by atoms with Crippen LogP contribution in [0.15, 0.2) is 24.3 Å². The summed E-state index contributed by atoms with van der Waals surface area (Å²) in [6, 6.07) is 6.02. The standard InChI is InChI=1S/C18H22F4N2O/c19-15-3-1-14(2-4-15)17(7-8-17)16(25)23-11-13-5-9-24(10-6-13)12-18(20,21)22/h1-4,13H,5-12H2,(H,23,25). The van der Waals surface area contributed by atoms with E-state index in [1.165, 1.54) is 17.0 Å². The van der Waals surface area contributed by atoms with Crippen molar-refractivity contribution in [2.45, 2.75) is 37.3 Å². The Balaban J connectivity index is 1.46. The predicted octanol–water partition coefficient (Wildman–Crippen LogP) is 3.25. The number of halogens is 4. The van der Waals surface area contributed by atoms with Crippen LogP contribution in [0.4, 0.5) is 17.6 Å². The molecular formula is C18H22F4N2O.